The molecule has 1 unspecified atom stereocenters. The Morgan fingerprint density at radius 1 is 1.12 bits per heavy atom. The number of aromatic nitrogens is 2. The lowest BCUT2D eigenvalue weighted by Gasteiger charge is -2.26. The van der Waals surface area contributed by atoms with E-state index in [9.17, 15) is 9.59 Å². The minimum atomic E-state index is -0.395. The molecule has 0 bridgehead atoms. The molecule has 0 saturated heterocycles. The highest BCUT2D eigenvalue weighted by Gasteiger charge is 2.24. The van der Waals surface area contributed by atoms with Gasteiger partial charge in [-0.2, -0.15) is 5.10 Å². The lowest BCUT2D eigenvalue weighted by molar-refractivity contribution is -0.117. The molecule has 172 valence electrons. The second-order valence-corrected chi connectivity index (χ2v) is 9.63. The molecule has 1 aliphatic carbocycles. The van der Waals surface area contributed by atoms with Gasteiger partial charge >= 0.3 is 6.03 Å². The summed E-state index contributed by atoms with van der Waals surface area (Å²) in [5.41, 5.74) is 10.0. The van der Waals surface area contributed by atoms with Crippen LogP contribution in [-0.2, 0) is 23.1 Å². The van der Waals surface area contributed by atoms with Crippen molar-refractivity contribution >= 4 is 17.8 Å². The lowest BCUT2D eigenvalue weighted by atomic mass is 9.88. The van der Waals surface area contributed by atoms with Crippen LogP contribution in [0.1, 0.15) is 62.0 Å². The predicted octanol–water partition coefficient (Wildman–Crippen LogP) is 4.40. The van der Waals surface area contributed by atoms with E-state index in [1.807, 2.05) is 42.5 Å². The molecule has 0 aliphatic heterocycles. The van der Waals surface area contributed by atoms with Crippen LogP contribution in [0.25, 0.3) is 5.69 Å². The van der Waals surface area contributed by atoms with Crippen LogP contribution in [0.4, 0.5) is 10.6 Å². The van der Waals surface area contributed by atoms with Gasteiger partial charge in [-0.05, 0) is 48.1 Å². The summed E-state index contributed by atoms with van der Waals surface area (Å²) in [6.45, 7) is 6.23. The van der Waals surface area contributed by atoms with Gasteiger partial charge in [-0.1, -0.05) is 57.2 Å². The van der Waals surface area contributed by atoms with Crippen molar-refractivity contribution in [1.29, 1.82) is 0 Å². The summed E-state index contributed by atoms with van der Waals surface area (Å²) in [5, 5.41) is 10.9. The molecule has 1 heterocycles. The van der Waals surface area contributed by atoms with Crippen molar-refractivity contribution in [2.45, 2.75) is 57.9 Å². The second kappa shape index (κ2) is 9.10. The summed E-state index contributed by atoms with van der Waals surface area (Å²) in [5.74, 6) is 0.172. The number of nitrogens with zero attached hydrogens (tertiary/aromatic N) is 2. The third-order valence-electron chi connectivity index (χ3n) is 5.93. The largest absolute Gasteiger partial charge is 0.369 e. The summed E-state index contributed by atoms with van der Waals surface area (Å²) in [6.07, 6.45) is 3.14. The highest BCUT2D eigenvalue weighted by molar-refractivity contribution is 5.89. The smallest absolute Gasteiger partial charge is 0.320 e. The molecule has 1 aliphatic rings. The summed E-state index contributed by atoms with van der Waals surface area (Å²) in [4.78, 5) is 24.4. The molecule has 0 saturated carbocycles. The van der Waals surface area contributed by atoms with Crippen LogP contribution in [0.3, 0.4) is 0 Å². The van der Waals surface area contributed by atoms with E-state index in [4.69, 9.17) is 10.8 Å². The zero-order valence-electron chi connectivity index (χ0n) is 19.4. The van der Waals surface area contributed by atoms with Gasteiger partial charge in [-0.3, -0.25) is 10.1 Å². The van der Waals surface area contributed by atoms with Gasteiger partial charge in [0.1, 0.15) is 5.82 Å². The van der Waals surface area contributed by atoms with Crippen LogP contribution < -0.4 is 16.4 Å². The molecule has 7 nitrogen and oxygen atoms in total. The van der Waals surface area contributed by atoms with Crippen molar-refractivity contribution in [1.82, 2.24) is 15.1 Å². The number of primary amides is 1. The minimum Gasteiger partial charge on any atom is -0.369 e. The monoisotopic (exact) mass is 445 g/mol. The zero-order valence-corrected chi connectivity index (χ0v) is 19.4. The van der Waals surface area contributed by atoms with Crippen LogP contribution in [0.15, 0.2) is 54.6 Å². The number of amides is 3. The summed E-state index contributed by atoms with van der Waals surface area (Å²) < 4.78 is 1.71. The Morgan fingerprint density at radius 2 is 1.91 bits per heavy atom. The van der Waals surface area contributed by atoms with Crippen molar-refractivity contribution < 1.29 is 9.59 Å². The number of nitrogens with one attached hydrogen (secondary N) is 2. The maximum Gasteiger partial charge on any atom is 0.320 e. The third kappa shape index (κ3) is 5.25. The first-order chi connectivity index (χ1) is 15.7. The number of anilines is 1. The fourth-order valence-corrected chi connectivity index (χ4v) is 4.25. The molecule has 4 rings (SSSR count). The Labute approximate surface area is 194 Å². The second-order valence-electron chi connectivity index (χ2n) is 9.63. The van der Waals surface area contributed by atoms with Crippen LogP contribution in [0.2, 0.25) is 0 Å². The fourth-order valence-electron chi connectivity index (χ4n) is 4.25. The highest BCUT2D eigenvalue weighted by atomic mass is 16.2. The van der Waals surface area contributed by atoms with Crippen molar-refractivity contribution in [3.05, 3.63) is 77.0 Å². The molecule has 2 aromatic carbocycles. The number of carbonyl (C=O) groups excluding carboxylic acids is 2. The van der Waals surface area contributed by atoms with Gasteiger partial charge in [0.25, 0.3) is 0 Å². The Bertz CT molecular complexity index is 1180. The standard InChI is InChI=1S/C26H31N5O2/c1-26(2,3)22-16-24(31(30-22)19-11-6-8-17(14-19)15-23(27)32)29-25(33)28-21-13-7-10-18-9-4-5-12-20(18)21/h4-6,8-9,11-12,14,16,21H,7,10,13,15H2,1-3H3,(H2,27,32)(H2,28,29,33). The maximum atomic E-state index is 13.0. The topological polar surface area (TPSA) is 102 Å². The number of urea groups is 1. The van der Waals surface area contributed by atoms with Gasteiger partial charge in [0.2, 0.25) is 5.91 Å². The van der Waals surface area contributed by atoms with Crippen LogP contribution in [0, 0.1) is 0 Å². The molecule has 7 heteroatoms. The SMILES string of the molecule is CC(C)(C)c1cc(NC(=O)NC2CCCc3ccccc32)n(-c2cccc(CC(N)=O)c2)n1. The lowest BCUT2D eigenvalue weighted by Crippen LogP contribution is -2.34. The Morgan fingerprint density at radius 3 is 2.67 bits per heavy atom. The number of hydrogen-bond acceptors (Lipinski definition) is 3. The van der Waals surface area contributed by atoms with E-state index in [1.54, 1.807) is 4.68 Å². The first-order valence-electron chi connectivity index (χ1n) is 11.3. The predicted molar refractivity (Wildman–Crippen MR) is 129 cm³/mol. The molecule has 0 spiro atoms. The molecule has 33 heavy (non-hydrogen) atoms. The highest BCUT2D eigenvalue weighted by Crippen LogP contribution is 2.30. The molecule has 4 N–H and O–H groups in total. The van der Waals surface area contributed by atoms with Crippen molar-refractivity contribution in [3.63, 3.8) is 0 Å². The summed E-state index contributed by atoms with van der Waals surface area (Å²) >= 11 is 0. The van der Waals surface area contributed by atoms with Crippen molar-refractivity contribution in [2.24, 2.45) is 5.73 Å². The summed E-state index contributed by atoms with van der Waals surface area (Å²) in [6, 6.07) is 17.3. The first-order valence-corrected chi connectivity index (χ1v) is 11.3. The average molecular weight is 446 g/mol. The van der Waals surface area contributed by atoms with E-state index in [-0.39, 0.29) is 23.9 Å². The molecule has 3 aromatic rings. The van der Waals surface area contributed by atoms with Crippen LogP contribution in [-0.4, -0.2) is 21.7 Å². The molecular formula is C26H31N5O2. The van der Waals surface area contributed by atoms with Crippen molar-refractivity contribution in [2.75, 3.05) is 5.32 Å². The molecule has 1 aromatic heterocycles. The Kier molecular flexibility index (Phi) is 6.22. The Hall–Kier alpha value is -3.61. The Balaban J connectivity index is 1.61. The third-order valence-corrected chi connectivity index (χ3v) is 5.93. The van der Waals surface area contributed by atoms with Crippen LogP contribution in [0.5, 0.6) is 0 Å². The van der Waals surface area contributed by atoms with E-state index in [0.29, 0.717) is 5.82 Å². The molecule has 1 atom stereocenters. The number of nitrogens with two attached hydrogens (primary N) is 1. The number of aryl methyl sites for hydroxylation is 1. The van der Waals surface area contributed by atoms with Gasteiger partial charge < -0.3 is 11.1 Å². The fraction of sp³-hybridized carbons (Fsp3) is 0.346. The molecule has 0 fully saturated rings. The van der Waals surface area contributed by atoms with E-state index < -0.39 is 5.91 Å². The normalized spacial score (nSPS) is 15.5. The minimum absolute atomic E-state index is 0.0210. The van der Waals surface area contributed by atoms with Crippen molar-refractivity contribution in [3.8, 4) is 5.69 Å². The molecule has 0 radical (unpaired) electrons. The van der Waals surface area contributed by atoms with E-state index in [2.05, 4.69) is 43.5 Å². The van der Waals surface area contributed by atoms with E-state index in [1.165, 1.54) is 11.1 Å². The van der Waals surface area contributed by atoms with E-state index in [0.717, 1.165) is 36.2 Å². The number of carbonyl (C=O) groups is 2. The summed E-state index contributed by atoms with van der Waals surface area (Å²) in [7, 11) is 0. The van der Waals surface area contributed by atoms with Gasteiger partial charge in [0, 0.05) is 11.5 Å². The molecular weight excluding hydrogens is 414 g/mol. The van der Waals surface area contributed by atoms with Crippen LogP contribution >= 0.6 is 0 Å². The number of rotatable bonds is 5. The van der Waals surface area contributed by atoms with Gasteiger partial charge in [0.15, 0.2) is 0 Å². The van der Waals surface area contributed by atoms with Gasteiger partial charge in [-0.15, -0.1) is 0 Å². The number of fused-ring (bicyclic) bond motifs is 1. The number of benzene rings is 2. The first kappa shape index (κ1) is 22.6. The molecule has 3 amide bonds. The van der Waals surface area contributed by atoms with Gasteiger partial charge in [0.05, 0.1) is 23.8 Å². The van der Waals surface area contributed by atoms with Gasteiger partial charge in [-0.25, -0.2) is 9.48 Å². The quantitative estimate of drug-likeness (QED) is 0.542. The average Bonchev–Trinajstić information content (AvgIpc) is 3.18. The van der Waals surface area contributed by atoms with E-state index >= 15 is 0 Å². The number of hydrogen-bond donors (Lipinski definition) is 3. The maximum absolute atomic E-state index is 13.0. The zero-order chi connectivity index (χ0) is 23.6.